The number of morpholine rings is 1. The number of ether oxygens (including phenoxy) is 1. The smallest absolute Gasteiger partial charge is 0.264 e. The van der Waals surface area contributed by atoms with Gasteiger partial charge in [-0.1, -0.05) is 31.5 Å². The maximum Gasteiger partial charge on any atom is 0.264 e. The Balaban J connectivity index is 1.97. The van der Waals surface area contributed by atoms with Crippen molar-refractivity contribution in [2.24, 2.45) is 5.92 Å². The van der Waals surface area contributed by atoms with Crippen molar-refractivity contribution in [1.82, 2.24) is 4.90 Å². The highest BCUT2D eigenvalue weighted by Gasteiger charge is 2.30. The van der Waals surface area contributed by atoms with Crippen LogP contribution in [0.3, 0.4) is 0 Å². The molecule has 6 nitrogen and oxygen atoms in total. The van der Waals surface area contributed by atoms with E-state index in [-0.39, 0.29) is 19.0 Å². The molecule has 0 radical (unpaired) electrons. The summed E-state index contributed by atoms with van der Waals surface area (Å²) < 4.78 is 63.4. The van der Waals surface area contributed by atoms with Gasteiger partial charge in [-0.3, -0.25) is 9.21 Å². The number of aliphatic hydroxyl groups excluding tert-OH is 1. The molecule has 0 aromatic heterocycles. The zero-order valence-electron chi connectivity index (χ0n) is 19.5. The summed E-state index contributed by atoms with van der Waals surface area (Å²) in [6, 6.07) is 6.97. The molecule has 1 saturated heterocycles. The Morgan fingerprint density at radius 3 is 2.24 bits per heavy atom. The largest absolute Gasteiger partial charge is 0.387 e. The molecule has 1 heterocycles. The number of sulfonamides is 1. The van der Waals surface area contributed by atoms with Gasteiger partial charge in [-0.25, -0.2) is 17.2 Å². The molecule has 2 aromatic carbocycles. The normalized spacial score (nSPS) is 16.2. The lowest BCUT2D eigenvalue weighted by Gasteiger charge is -2.29. The molecule has 1 fully saturated rings. The van der Waals surface area contributed by atoms with Crippen LogP contribution < -0.4 is 4.31 Å². The molecule has 0 bridgehead atoms. The fourth-order valence-electron chi connectivity index (χ4n) is 4.02. The van der Waals surface area contributed by atoms with Crippen molar-refractivity contribution < 1.29 is 27.0 Å². The van der Waals surface area contributed by atoms with Crippen LogP contribution in [0.5, 0.6) is 0 Å². The predicted octanol–water partition coefficient (Wildman–Crippen LogP) is 3.80. The number of aliphatic hydroxyl groups is 1. The molecule has 0 saturated carbocycles. The Kier molecular flexibility index (Phi) is 8.10. The first-order valence-corrected chi connectivity index (χ1v) is 12.5. The lowest BCUT2D eigenvalue weighted by atomic mass is 10.1. The van der Waals surface area contributed by atoms with Gasteiger partial charge in [0.15, 0.2) is 0 Å². The van der Waals surface area contributed by atoms with Gasteiger partial charge in [-0.2, -0.15) is 0 Å². The minimum atomic E-state index is -4.25. The Morgan fingerprint density at radius 1 is 1.09 bits per heavy atom. The third-order valence-corrected chi connectivity index (χ3v) is 7.42. The molecule has 9 heteroatoms. The topological polar surface area (TPSA) is 70.1 Å². The van der Waals surface area contributed by atoms with Crippen molar-refractivity contribution >= 4 is 15.7 Å². The average Bonchev–Trinajstić information content (AvgIpc) is 2.72. The fraction of sp³-hybridized carbons (Fsp3) is 0.500. The number of anilines is 1. The van der Waals surface area contributed by atoms with E-state index in [0.717, 1.165) is 23.3 Å². The van der Waals surface area contributed by atoms with Crippen LogP contribution in [0.4, 0.5) is 14.5 Å². The van der Waals surface area contributed by atoms with E-state index >= 15 is 0 Å². The van der Waals surface area contributed by atoms with Gasteiger partial charge in [0.05, 0.1) is 35.5 Å². The highest BCUT2D eigenvalue weighted by atomic mass is 32.2. The van der Waals surface area contributed by atoms with Gasteiger partial charge in [0, 0.05) is 26.2 Å². The van der Waals surface area contributed by atoms with Crippen LogP contribution >= 0.6 is 0 Å². The number of hydrogen-bond donors (Lipinski definition) is 1. The zero-order chi connectivity index (χ0) is 24.3. The van der Waals surface area contributed by atoms with Crippen LogP contribution in [0.2, 0.25) is 0 Å². The molecular weight excluding hydrogens is 450 g/mol. The van der Waals surface area contributed by atoms with Crippen LogP contribution in [0.25, 0.3) is 0 Å². The molecule has 1 N–H and O–H groups in total. The summed E-state index contributed by atoms with van der Waals surface area (Å²) in [7, 11) is -4.25. The first-order valence-electron chi connectivity index (χ1n) is 11.1. The highest BCUT2D eigenvalue weighted by molar-refractivity contribution is 7.92. The van der Waals surface area contributed by atoms with E-state index in [2.05, 4.69) is 0 Å². The molecule has 0 spiro atoms. The van der Waals surface area contributed by atoms with Crippen LogP contribution in [-0.2, 0) is 14.8 Å². The molecule has 1 aliphatic heterocycles. The molecule has 0 amide bonds. The molecule has 2 aromatic rings. The number of rotatable bonds is 8. The molecular formula is C24H32F2N2O4S. The van der Waals surface area contributed by atoms with E-state index in [1.54, 1.807) is 19.1 Å². The van der Waals surface area contributed by atoms with E-state index in [0.29, 0.717) is 32.0 Å². The summed E-state index contributed by atoms with van der Waals surface area (Å²) in [5.41, 5.74) is 1.67. The maximum absolute atomic E-state index is 15.0. The van der Waals surface area contributed by atoms with Crippen molar-refractivity contribution in [2.75, 3.05) is 43.7 Å². The summed E-state index contributed by atoms with van der Waals surface area (Å²) in [6.07, 6.45) is -1.43. The number of hydrogen-bond acceptors (Lipinski definition) is 5. The zero-order valence-corrected chi connectivity index (χ0v) is 20.3. The lowest BCUT2D eigenvalue weighted by molar-refractivity contribution is 0.0130. The first-order chi connectivity index (χ1) is 15.5. The summed E-state index contributed by atoms with van der Waals surface area (Å²) in [5.74, 6) is -2.19. The second kappa shape index (κ2) is 10.5. The monoisotopic (exact) mass is 482 g/mol. The molecule has 33 heavy (non-hydrogen) atoms. The summed E-state index contributed by atoms with van der Waals surface area (Å²) in [4.78, 5) is 1.36. The van der Waals surface area contributed by atoms with Gasteiger partial charge in [0.2, 0.25) is 0 Å². The van der Waals surface area contributed by atoms with Crippen molar-refractivity contribution in [3.63, 3.8) is 0 Å². The number of halogens is 2. The SMILES string of the molecule is Cc1ccc(N(CC(C)C)S(=O)(=O)c2cc(F)c(C(O)CN3CCOCC3)c(F)c2)c(C)c1. The number of benzene rings is 2. The highest BCUT2D eigenvalue weighted by Crippen LogP contribution is 2.31. The third kappa shape index (κ3) is 5.90. The van der Waals surface area contributed by atoms with Crippen LogP contribution in [-0.4, -0.2) is 57.8 Å². The van der Waals surface area contributed by atoms with Gasteiger partial charge in [-0.15, -0.1) is 0 Å². The van der Waals surface area contributed by atoms with Crippen LogP contribution in [0, 0.1) is 31.4 Å². The minimum Gasteiger partial charge on any atom is -0.387 e. The van der Waals surface area contributed by atoms with E-state index in [1.807, 2.05) is 31.7 Å². The minimum absolute atomic E-state index is 0.0233. The van der Waals surface area contributed by atoms with Crippen molar-refractivity contribution in [2.45, 2.75) is 38.7 Å². The Hall–Kier alpha value is -2.07. The second-order valence-corrected chi connectivity index (χ2v) is 10.8. The first kappa shape index (κ1) is 25.6. The van der Waals surface area contributed by atoms with E-state index in [4.69, 9.17) is 4.74 Å². The number of β-amino-alcohol motifs (C(OH)–C–C–N with tert-alkyl or cyclic N) is 1. The third-order valence-electron chi connectivity index (χ3n) is 5.66. The van der Waals surface area contributed by atoms with Gasteiger partial charge in [0.25, 0.3) is 10.0 Å². The lowest BCUT2D eigenvalue weighted by Crippen LogP contribution is -2.39. The van der Waals surface area contributed by atoms with Gasteiger partial charge >= 0.3 is 0 Å². The van der Waals surface area contributed by atoms with Crippen LogP contribution in [0.1, 0.15) is 36.6 Å². The maximum atomic E-state index is 15.0. The molecule has 1 aliphatic rings. The second-order valence-electron chi connectivity index (χ2n) is 8.95. The summed E-state index contributed by atoms with van der Waals surface area (Å²) in [6.45, 7) is 9.71. The van der Waals surface area contributed by atoms with E-state index < -0.39 is 38.2 Å². The van der Waals surface area contributed by atoms with Gasteiger partial charge < -0.3 is 9.84 Å². The molecule has 3 rings (SSSR count). The van der Waals surface area contributed by atoms with Crippen molar-refractivity contribution in [3.8, 4) is 0 Å². The molecule has 1 unspecified atom stereocenters. The summed E-state index contributed by atoms with van der Waals surface area (Å²) in [5, 5.41) is 10.5. The van der Waals surface area contributed by atoms with Gasteiger partial charge in [-0.05, 0) is 43.5 Å². The number of aryl methyl sites for hydroxylation is 2. The molecule has 182 valence electrons. The quantitative estimate of drug-likeness (QED) is 0.620. The van der Waals surface area contributed by atoms with Crippen molar-refractivity contribution in [3.05, 3.63) is 58.7 Å². The Labute approximate surface area is 194 Å². The number of nitrogens with zero attached hydrogens (tertiary/aromatic N) is 2. The predicted molar refractivity (Wildman–Crippen MR) is 124 cm³/mol. The van der Waals surface area contributed by atoms with Gasteiger partial charge in [0.1, 0.15) is 11.6 Å². The Bertz CT molecular complexity index is 1060. The van der Waals surface area contributed by atoms with E-state index in [1.165, 1.54) is 4.31 Å². The van der Waals surface area contributed by atoms with E-state index in [9.17, 15) is 22.3 Å². The standard InChI is InChI=1S/C24H32F2N2O4S/c1-16(2)14-28(22-6-5-17(3)11-18(22)4)33(30,31)19-12-20(25)24(21(26)13-19)23(29)15-27-7-9-32-10-8-27/h5-6,11-13,16,23,29H,7-10,14-15H2,1-4H3. The molecule has 0 aliphatic carbocycles. The fourth-order valence-corrected chi connectivity index (χ4v) is 5.74. The average molecular weight is 483 g/mol. The van der Waals surface area contributed by atoms with Crippen molar-refractivity contribution in [1.29, 1.82) is 0 Å². The van der Waals surface area contributed by atoms with Crippen LogP contribution in [0.15, 0.2) is 35.2 Å². The Morgan fingerprint density at radius 2 is 1.70 bits per heavy atom. The summed E-state index contributed by atoms with van der Waals surface area (Å²) >= 11 is 0. The molecule has 1 atom stereocenters.